The van der Waals surface area contributed by atoms with E-state index in [1.807, 2.05) is 34.1 Å². The summed E-state index contributed by atoms with van der Waals surface area (Å²) in [7, 11) is 1.60. The van der Waals surface area contributed by atoms with E-state index in [1.165, 1.54) is 6.07 Å². The lowest BCUT2D eigenvalue weighted by molar-refractivity contribution is -0.384. The van der Waals surface area contributed by atoms with Crippen LogP contribution in [-0.2, 0) is 0 Å². The van der Waals surface area contributed by atoms with E-state index in [-0.39, 0.29) is 17.2 Å². The third-order valence-electron chi connectivity index (χ3n) is 7.28. The number of hydrogen-bond acceptors (Lipinski definition) is 7. The number of ether oxygens (including phenoxy) is 1. The number of benzene rings is 3. The average Bonchev–Trinajstić information content (AvgIpc) is 3.52. The topological polar surface area (TPSA) is 108 Å². The van der Waals surface area contributed by atoms with Gasteiger partial charge in [-0.1, -0.05) is 0 Å². The van der Waals surface area contributed by atoms with Crippen LogP contribution in [0, 0.1) is 10.1 Å². The minimum Gasteiger partial charge on any atom is -0.497 e. The van der Waals surface area contributed by atoms with Crippen LogP contribution in [0.3, 0.4) is 0 Å². The van der Waals surface area contributed by atoms with Gasteiger partial charge in [0, 0.05) is 67.8 Å². The van der Waals surface area contributed by atoms with E-state index in [4.69, 9.17) is 4.74 Å². The lowest BCUT2D eigenvalue weighted by atomic mass is 10.1. The van der Waals surface area contributed by atoms with Crippen molar-refractivity contribution in [1.82, 2.24) is 4.90 Å². The van der Waals surface area contributed by atoms with Crippen LogP contribution >= 0.6 is 0 Å². The number of methoxy groups -OCH3 is 1. The molecule has 1 N–H and O–H groups in total. The van der Waals surface area contributed by atoms with Gasteiger partial charge in [-0.25, -0.2) is 0 Å². The largest absolute Gasteiger partial charge is 0.497 e. The van der Waals surface area contributed by atoms with Gasteiger partial charge in [0.05, 0.1) is 12.0 Å². The summed E-state index contributed by atoms with van der Waals surface area (Å²) in [5, 5.41) is 14.5. The maximum absolute atomic E-state index is 12.9. The Hall–Kier alpha value is -4.60. The molecule has 202 valence electrons. The molecular weight excluding hydrogens is 498 g/mol. The molecule has 0 spiro atoms. The Bertz CT molecular complexity index is 1350. The van der Waals surface area contributed by atoms with Crippen LogP contribution in [0.25, 0.3) is 0 Å². The number of anilines is 3. The number of amides is 2. The second-order valence-corrected chi connectivity index (χ2v) is 9.66. The summed E-state index contributed by atoms with van der Waals surface area (Å²) < 4.78 is 5.16. The zero-order valence-electron chi connectivity index (χ0n) is 21.8. The number of piperazine rings is 1. The Kier molecular flexibility index (Phi) is 7.62. The molecule has 39 heavy (non-hydrogen) atoms. The van der Waals surface area contributed by atoms with Crippen LogP contribution < -0.4 is 19.9 Å². The van der Waals surface area contributed by atoms with Gasteiger partial charge >= 0.3 is 0 Å². The Labute approximate surface area is 226 Å². The third-order valence-corrected chi connectivity index (χ3v) is 7.28. The van der Waals surface area contributed by atoms with Crippen LogP contribution in [0.1, 0.15) is 33.6 Å². The monoisotopic (exact) mass is 529 g/mol. The number of nitro benzene ring substituents is 1. The number of rotatable bonds is 7. The molecule has 0 atom stereocenters. The first-order chi connectivity index (χ1) is 18.9. The number of carbonyl (C=O) groups is 2. The lowest BCUT2D eigenvalue weighted by Gasteiger charge is -2.36. The number of hydrogen-bond donors (Lipinski definition) is 1. The average molecular weight is 530 g/mol. The van der Waals surface area contributed by atoms with E-state index in [0.717, 1.165) is 31.6 Å². The highest BCUT2D eigenvalue weighted by Gasteiger charge is 2.25. The van der Waals surface area contributed by atoms with Crippen LogP contribution in [0.15, 0.2) is 66.7 Å². The van der Waals surface area contributed by atoms with Gasteiger partial charge in [-0.3, -0.25) is 19.7 Å². The van der Waals surface area contributed by atoms with Gasteiger partial charge in [0.2, 0.25) is 0 Å². The lowest BCUT2D eigenvalue weighted by Crippen LogP contribution is -2.48. The summed E-state index contributed by atoms with van der Waals surface area (Å²) >= 11 is 0. The molecule has 2 heterocycles. The molecule has 2 saturated heterocycles. The predicted octanol–water partition coefficient (Wildman–Crippen LogP) is 4.42. The van der Waals surface area contributed by atoms with Gasteiger partial charge in [0.15, 0.2) is 0 Å². The second-order valence-electron chi connectivity index (χ2n) is 9.66. The van der Waals surface area contributed by atoms with Crippen LogP contribution in [0.4, 0.5) is 22.7 Å². The molecule has 0 bridgehead atoms. The van der Waals surface area contributed by atoms with Gasteiger partial charge in [0.25, 0.3) is 17.5 Å². The fourth-order valence-electron chi connectivity index (χ4n) is 5.08. The van der Waals surface area contributed by atoms with Crippen molar-refractivity contribution < 1.29 is 19.2 Å². The molecule has 10 nitrogen and oxygen atoms in total. The third kappa shape index (κ3) is 5.79. The second kappa shape index (κ2) is 11.4. The summed E-state index contributed by atoms with van der Waals surface area (Å²) in [6.07, 6.45) is 2.01. The number of nitrogens with zero attached hydrogens (tertiary/aromatic N) is 4. The number of nitro groups is 1. The zero-order chi connectivity index (χ0) is 27.4. The molecule has 0 radical (unpaired) electrons. The molecular formula is C29H31N5O5. The number of nitrogens with one attached hydrogen (secondary N) is 1. The van der Waals surface area contributed by atoms with Crippen molar-refractivity contribution in [2.75, 3.05) is 61.5 Å². The molecule has 3 aromatic carbocycles. The maximum Gasteiger partial charge on any atom is 0.293 e. The molecule has 2 fully saturated rings. The maximum atomic E-state index is 12.9. The van der Waals surface area contributed by atoms with Crippen LogP contribution in [0.5, 0.6) is 5.75 Å². The summed E-state index contributed by atoms with van der Waals surface area (Å²) in [5.41, 5.74) is 2.99. The first-order valence-corrected chi connectivity index (χ1v) is 13.1. The molecule has 5 rings (SSSR count). The molecule has 0 aliphatic carbocycles. The molecule has 2 aliphatic rings. The van der Waals surface area contributed by atoms with E-state index < -0.39 is 10.8 Å². The summed E-state index contributed by atoms with van der Waals surface area (Å²) in [5.74, 6) is 0.321. The molecule has 0 saturated carbocycles. The molecule has 2 amide bonds. The Morgan fingerprint density at radius 1 is 0.821 bits per heavy atom. The molecule has 10 heteroatoms. The van der Waals surface area contributed by atoms with E-state index >= 15 is 0 Å². The van der Waals surface area contributed by atoms with Crippen molar-refractivity contribution in [3.8, 4) is 5.75 Å². The van der Waals surface area contributed by atoms with Crippen molar-refractivity contribution >= 4 is 34.6 Å². The molecule has 2 aliphatic heterocycles. The molecule has 0 aromatic heterocycles. The van der Waals surface area contributed by atoms with Crippen molar-refractivity contribution in [1.29, 1.82) is 0 Å². The van der Waals surface area contributed by atoms with Gasteiger partial charge in [-0.05, 0) is 73.5 Å². The Morgan fingerprint density at radius 2 is 1.46 bits per heavy atom. The highest BCUT2D eigenvalue weighted by Crippen LogP contribution is 2.32. The quantitative estimate of drug-likeness (QED) is 0.357. The van der Waals surface area contributed by atoms with Crippen molar-refractivity contribution in [3.63, 3.8) is 0 Å². The standard InChI is InChI=1S/C29H31N5O5/c1-39-25-11-4-21(5-12-25)29(36)33-18-16-31(17-19-33)24-9-7-23(8-10-24)30-28(35)22-6-13-26(27(20-22)34(37)38)32-14-2-3-15-32/h4-13,20H,2-3,14-19H2,1H3,(H,30,35). The van der Waals surface area contributed by atoms with E-state index in [9.17, 15) is 19.7 Å². The Balaban J connectivity index is 1.18. The normalized spacial score (nSPS) is 15.3. The predicted molar refractivity (Wildman–Crippen MR) is 150 cm³/mol. The minimum atomic E-state index is -0.427. The first-order valence-electron chi connectivity index (χ1n) is 13.1. The van der Waals surface area contributed by atoms with Gasteiger partial charge in [0.1, 0.15) is 11.4 Å². The zero-order valence-corrected chi connectivity index (χ0v) is 21.8. The van der Waals surface area contributed by atoms with Crippen LogP contribution in [-0.4, -0.2) is 68.0 Å². The fraction of sp³-hybridized carbons (Fsp3) is 0.310. The van der Waals surface area contributed by atoms with Crippen molar-refractivity contribution in [2.45, 2.75) is 12.8 Å². The van der Waals surface area contributed by atoms with Gasteiger partial charge in [-0.2, -0.15) is 0 Å². The molecule has 0 unspecified atom stereocenters. The SMILES string of the molecule is COc1ccc(C(=O)N2CCN(c3ccc(NC(=O)c4ccc(N5CCCC5)c([N+](=O)[O-])c4)cc3)CC2)cc1. The minimum absolute atomic E-state index is 0.00376. The molecule has 3 aromatic rings. The number of carbonyl (C=O) groups excluding carboxylic acids is 2. The first kappa shape index (κ1) is 26.0. The summed E-state index contributed by atoms with van der Waals surface area (Å²) in [6.45, 7) is 4.17. The van der Waals surface area contributed by atoms with Crippen molar-refractivity contribution in [2.24, 2.45) is 0 Å². The fourth-order valence-corrected chi connectivity index (χ4v) is 5.08. The van der Waals surface area contributed by atoms with Crippen LogP contribution in [0.2, 0.25) is 0 Å². The smallest absolute Gasteiger partial charge is 0.293 e. The van der Waals surface area contributed by atoms with Gasteiger partial charge < -0.3 is 24.8 Å². The summed E-state index contributed by atoms with van der Waals surface area (Å²) in [6, 6.07) is 19.3. The summed E-state index contributed by atoms with van der Waals surface area (Å²) in [4.78, 5) is 43.0. The highest BCUT2D eigenvalue weighted by molar-refractivity contribution is 6.05. The van der Waals surface area contributed by atoms with E-state index in [1.54, 1.807) is 43.5 Å². The van der Waals surface area contributed by atoms with Gasteiger partial charge in [-0.15, -0.1) is 0 Å². The van der Waals surface area contributed by atoms with E-state index in [0.29, 0.717) is 48.9 Å². The van der Waals surface area contributed by atoms with E-state index in [2.05, 4.69) is 10.2 Å². The highest BCUT2D eigenvalue weighted by atomic mass is 16.6. The Morgan fingerprint density at radius 3 is 2.08 bits per heavy atom. The van der Waals surface area contributed by atoms with Crippen molar-refractivity contribution in [3.05, 3.63) is 88.0 Å².